The zero-order chi connectivity index (χ0) is 16.9. The van der Waals surface area contributed by atoms with E-state index in [2.05, 4.69) is 28.0 Å². The van der Waals surface area contributed by atoms with Crippen molar-refractivity contribution < 1.29 is 4.74 Å². The molecule has 0 amide bonds. The number of methoxy groups -OCH3 is 1. The van der Waals surface area contributed by atoms with Gasteiger partial charge in [0.1, 0.15) is 11.8 Å². The smallest absolute Gasteiger partial charge is 0.118 e. The van der Waals surface area contributed by atoms with Crippen LogP contribution >= 0.6 is 11.6 Å². The van der Waals surface area contributed by atoms with Crippen molar-refractivity contribution in [2.75, 3.05) is 38.2 Å². The van der Waals surface area contributed by atoms with Crippen LogP contribution in [-0.2, 0) is 6.54 Å². The monoisotopic (exact) mass is 341 g/mol. The Morgan fingerprint density at radius 2 is 1.79 bits per heavy atom. The third-order valence-electron chi connectivity index (χ3n) is 4.38. The average Bonchev–Trinajstić information content (AvgIpc) is 2.63. The van der Waals surface area contributed by atoms with Gasteiger partial charge in [-0.15, -0.1) is 0 Å². The van der Waals surface area contributed by atoms with E-state index in [1.54, 1.807) is 13.2 Å². The lowest BCUT2D eigenvalue weighted by Gasteiger charge is -2.36. The minimum absolute atomic E-state index is 0.524. The number of hydrogen-bond acceptors (Lipinski definition) is 4. The molecule has 1 aliphatic heterocycles. The molecule has 24 heavy (non-hydrogen) atoms. The molecule has 1 fully saturated rings. The summed E-state index contributed by atoms with van der Waals surface area (Å²) in [5.74, 6) is 0.883. The highest BCUT2D eigenvalue weighted by Crippen LogP contribution is 2.27. The standard InChI is InChI=1S/C19H20ClN3O/c1-24-16-7-5-15(6-8-16)14-22-9-11-23(12-10-22)19-4-2-3-18(20)17(19)13-21/h2-8H,9-12,14H2,1H3. The van der Waals surface area contributed by atoms with Gasteiger partial charge in [0.05, 0.1) is 23.4 Å². The van der Waals surface area contributed by atoms with Gasteiger partial charge in [-0.05, 0) is 29.8 Å². The summed E-state index contributed by atoms with van der Waals surface area (Å²) >= 11 is 6.14. The van der Waals surface area contributed by atoms with Gasteiger partial charge >= 0.3 is 0 Å². The summed E-state index contributed by atoms with van der Waals surface area (Å²) in [6.45, 7) is 4.64. The maximum absolute atomic E-state index is 9.34. The molecule has 0 atom stereocenters. The van der Waals surface area contributed by atoms with E-state index >= 15 is 0 Å². The zero-order valence-electron chi connectivity index (χ0n) is 13.7. The quantitative estimate of drug-likeness (QED) is 0.852. The molecule has 0 aliphatic carbocycles. The van der Waals surface area contributed by atoms with E-state index in [9.17, 15) is 5.26 Å². The molecule has 0 aromatic heterocycles. The van der Waals surface area contributed by atoms with Crippen molar-refractivity contribution in [1.82, 2.24) is 4.90 Å². The minimum atomic E-state index is 0.524. The Morgan fingerprint density at radius 1 is 1.08 bits per heavy atom. The third-order valence-corrected chi connectivity index (χ3v) is 4.70. The first-order valence-corrected chi connectivity index (χ1v) is 8.38. The molecule has 5 heteroatoms. The van der Waals surface area contributed by atoms with Crippen LogP contribution in [0.3, 0.4) is 0 Å². The fraction of sp³-hybridized carbons (Fsp3) is 0.316. The number of nitriles is 1. The maximum atomic E-state index is 9.34. The average molecular weight is 342 g/mol. The lowest BCUT2D eigenvalue weighted by atomic mass is 10.1. The van der Waals surface area contributed by atoms with Crippen molar-refractivity contribution in [3.8, 4) is 11.8 Å². The number of hydrogen-bond donors (Lipinski definition) is 0. The van der Waals surface area contributed by atoms with Crippen molar-refractivity contribution in [3.05, 3.63) is 58.6 Å². The molecule has 1 heterocycles. The van der Waals surface area contributed by atoms with Crippen LogP contribution in [0.15, 0.2) is 42.5 Å². The van der Waals surface area contributed by atoms with Crippen molar-refractivity contribution in [3.63, 3.8) is 0 Å². The van der Waals surface area contributed by atoms with E-state index in [1.807, 2.05) is 24.3 Å². The Bertz CT molecular complexity index is 731. The second-order valence-corrected chi connectivity index (χ2v) is 6.26. The largest absolute Gasteiger partial charge is 0.497 e. The van der Waals surface area contributed by atoms with Gasteiger partial charge in [-0.2, -0.15) is 5.26 Å². The Balaban J connectivity index is 1.62. The highest BCUT2D eigenvalue weighted by atomic mass is 35.5. The first-order chi connectivity index (χ1) is 11.7. The molecule has 1 saturated heterocycles. The summed E-state index contributed by atoms with van der Waals surface area (Å²) in [5, 5.41) is 9.86. The highest BCUT2D eigenvalue weighted by Gasteiger charge is 2.20. The number of halogens is 1. The number of benzene rings is 2. The predicted octanol–water partition coefficient (Wildman–Crippen LogP) is 3.54. The van der Waals surface area contributed by atoms with E-state index in [0.717, 1.165) is 44.2 Å². The number of piperazine rings is 1. The van der Waals surface area contributed by atoms with Crippen molar-refractivity contribution >= 4 is 17.3 Å². The third kappa shape index (κ3) is 3.64. The molecule has 1 aliphatic rings. The molecule has 0 unspecified atom stereocenters. The Kier molecular flexibility index (Phi) is 5.24. The lowest BCUT2D eigenvalue weighted by molar-refractivity contribution is 0.250. The number of anilines is 1. The molecular formula is C19H20ClN3O. The second kappa shape index (κ2) is 7.57. The molecule has 0 N–H and O–H groups in total. The number of rotatable bonds is 4. The molecule has 4 nitrogen and oxygen atoms in total. The molecule has 0 saturated carbocycles. The van der Waals surface area contributed by atoms with E-state index in [-0.39, 0.29) is 0 Å². The normalized spacial score (nSPS) is 15.1. The molecular weight excluding hydrogens is 322 g/mol. The van der Waals surface area contributed by atoms with Crippen molar-refractivity contribution in [2.45, 2.75) is 6.54 Å². The van der Waals surface area contributed by atoms with Crippen LogP contribution in [0.1, 0.15) is 11.1 Å². The van der Waals surface area contributed by atoms with Gasteiger partial charge in [0.25, 0.3) is 0 Å². The van der Waals surface area contributed by atoms with Gasteiger partial charge in [0, 0.05) is 32.7 Å². The molecule has 2 aromatic carbocycles. The van der Waals surface area contributed by atoms with Crippen LogP contribution in [0.4, 0.5) is 5.69 Å². The molecule has 124 valence electrons. The summed E-state index contributed by atoms with van der Waals surface area (Å²) in [6, 6.07) is 16.1. The topological polar surface area (TPSA) is 39.5 Å². The van der Waals surface area contributed by atoms with Gasteiger partial charge in [0.15, 0.2) is 0 Å². The van der Waals surface area contributed by atoms with Gasteiger partial charge in [-0.3, -0.25) is 4.90 Å². The van der Waals surface area contributed by atoms with Gasteiger partial charge in [0.2, 0.25) is 0 Å². The van der Waals surface area contributed by atoms with Crippen LogP contribution in [0.5, 0.6) is 5.75 Å². The van der Waals surface area contributed by atoms with Crippen LogP contribution in [0.25, 0.3) is 0 Å². The first kappa shape index (κ1) is 16.6. The number of ether oxygens (including phenoxy) is 1. The van der Waals surface area contributed by atoms with Crippen molar-refractivity contribution in [1.29, 1.82) is 5.26 Å². The zero-order valence-corrected chi connectivity index (χ0v) is 14.5. The molecule has 2 aromatic rings. The molecule has 3 rings (SSSR count). The molecule has 0 bridgehead atoms. The first-order valence-electron chi connectivity index (χ1n) is 8.00. The second-order valence-electron chi connectivity index (χ2n) is 5.86. The molecule has 0 radical (unpaired) electrons. The fourth-order valence-corrected chi connectivity index (χ4v) is 3.23. The van der Waals surface area contributed by atoms with Crippen LogP contribution in [0.2, 0.25) is 5.02 Å². The van der Waals surface area contributed by atoms with E-state index in [1.165, 1.54) is 5.56 Å². The minimum Gasteiger partial charge on any atom is -0.497 e. The van der Waals surface area contributed by atoms with E-state index in [4.69, 9.17) is 16.3 Å². The number of nitrogens with zero attached hydrogens (tertiary/aromatic N) is 3. The van der Waals surface area contributed by atoms with Crippen molar-refractivity contribution in [2.24, 2.45) is 0 Å². The van der Waals surface area contributed by atoms with Gasteiger partial charge in [-0.25, -0.2) is 0 Å². The van der Waals surface area contributed by atoms with Crippen LogP contribution < -0.4 is 9.64 Å². The van der Waals surface area contributed by atoms with Crippen LogP contribution in [0, 0.1) is 11.3 Å². The van der Waals surface area contributed by atoms with E-state index < -0.39 is 0 Å². The SMILES string of the molecule is COc1ccc(CN2CCN(c3cccc(Cl)c3C#N)CC2)cc1. The molecule has 0 spiro atoms. The Labute approximate surface area is 147 Å². The Morgan fingerprint density at radius 3 is 2.42 bits per heavy atom. The van der Waals surface area contributed by atoms with E-state index in [0.29, 0.717) is 10.6 Å². The maximum Gasteiger partial charge on any atom is 0.118 e. The summed E-state index contributed by atoms with van der Waals surface area (Å²) in [7, 11) is 1.68. The lowest BCUT2D eigenvalue weighted by Crippen LogP contribution is -2.46. The summed E-state index contributed by atoms with van der Waals surface area (Å²) in [4.78, 5) is 4.67. The van der Waals surface area contributed by atoms with Gasteiger partial charge in [-0.1, -0.05) is 29.8 Å². The summed E-state index contributed by atoms with van der Waals surface area (Å²) < 4.78 is 5.20. The van der Waals surface area contributed by atoms with Crippen LogP contribution in [-0.4, -0.2) is 38.2 Å². The summed E-state index contributed by atoms with van der Waals surface area (Å²) in [6.07, 6.45) is 0. The Hall–Kier alpha value is -2.22. The predicted molar refractivity (Wildman–Crippen MR) is 96.7 cm³/mol. The highest BCUT2D eigenvalue weighted by molar-refractivity contribution is 6.32. The summed E-state index contributed by atoms with van der Waals surface area (Å²) in [5.41, 5.74) is 2.79. The van der Waals surface area contributed by atoms with Gasteiger partial charge < -0.3 is 9.64 Å². The fourth-order valence-electron chi connectivity index (χ4n) is 3.02.